The molecule has 0 unspecified atom stereocenters. The molecule has 1 saturated carbocycles. The molecule has 3 heteroatoms. The topological polar surface area (TPSA) is 15.3 Å². The van der Waals surface area contributed by atoms with Crippen LogP contribution in [0, 0.1) is 0 Å². The fraction of sp³-hybridized carbons (Fsp3) is 0.500. The zero-order chi connectivity index (χ0) is 10.8. The molecule has 82 valence electrons. The van der Waals surface area contributed by atoms with Crippen molar-refractivity contribution in [2.24, 2.45) is 0 Å². The molecule has 0 atom stereocenters. The first-order valence-electron chi connectivity index (χ1n) is 5.40. The highest BCUT2D eigenvalue weighted by atomic mass is 35.5. The minimum atomic E-state index is 0.641. The SMILES string of the molecule is CN(C)c1ccc(Cl)cc1NC1CCC1. The van der Waals surface area contributed by atoms with Crippen molar-refractivity contribution >= 4 is 23.0 Å². The summed E-state index contributed by atoms with van der Waals surface area (Å²) in [5.41, 5.74) is 2.35. The largest absolute Gasteiger partial charge is 0.381 e. The van der Waals surface area contributed by atoms with Gasteiger partial charge in [-0.25, -0.2) is 0 Å². The first-order chi connectivity index (χ1) is 7.16. The first-order valence-corrected chi connectivity index (χ1v) is 5.78. The van der Waals surface area contributed by atoms with Crippen LogP contribution in [0.25, 0.3) is 0 Å². The fourth-order valence-electron chi connectivity index (χ4n) is 1.79. The number of anilines is 2. The van der Waals surface area contributed by atoms with E-state index in [4.69, 9.17) is 11.6 Å². The van der Waals surface area contributed by atoms with Gasteiger partial charge in [-0.15, -0.1) is 0 Å². The summed E-state index contributed by atoms with van der Waals surface area (Å²) < 4.78 is 0. The Bertz CT molecular complexity index is 345. The number of nitrogens with zero attached hydrogens (tertiary/aromatic N) is 1. The number of benzene rings is 1. The van der Waals surface area contributed by atoms with Crippen LogP contribution in [-0.2, 0) is 0 Å². The van der Waals surface area contributed by atoms with Gasteiger partial charge in [0.2, 0.25) is 0 Å². The molecule has 1 aliphatic rings. The summed E-state index contributed by atoms with van der Waals surface area (Å²) >= 11 is 6.01. The van der Waals surface area contributed by atoms with Crippen molar-refractivity contribution in [2.45, 2.75) is 25.3 Å². The quantitative estimate of drug-likeness (QED) is 0.847. The van der Waals surface area contributed by atoms with E-state index in [1.54, 1.807) is 0 Å². The van der Waals surface area contributed by atoms with Crippen molar-refractivity contribution in [1.29, 1.82) is 0 Å². The fourth-order valence-corrected chi connectivity index (χ4v) is 1.96. The number of nitrogens with one attached hydrogen (secondary N) is 1. The average Bonchev–Trinajstić information content (AvgIpc) is 2.11. The van der Waals surface area contributed by atoms with Crippen LogP contribution in [0.5, 0.6) is 0 Å². The lowest BCUT2D eigenvalue weighted by atomic mass is 9.93. The van der Waals surface area contributed by atoms with E-state index in [1.165, 1.54) is 24.9 Å². The van der Waals surface area contributed by atoms with E-state index < -0.39 is 0 Å². The lowest BCUT2D eigenvalue weighted by Gasteiger charge is -2.29. The molecule has 0 amide bonds. The van der Waals surface area contributed by atoms with Gasteiger partial charge in [0.1, 0.15) is 0 Å². The van der Waals surface area contributed by atoms with Crippen LogP contribution in [0.15, 0.2) is 18.2 Å². The number of hydrogen-bond donors (Lipinski definition) is 1. The molecule has 0 heterocycles. The van der Waals surface area contributed by atoms with Crippen molar-refractivity contribution < 1.29 is 0 Å². The Balaban J connectivity index is 2.21. The van der Waals surface area contributed by atoms with Crippen LogP contribution in [0.1, 0.15) is 19.3 Å². The third kappa shape index (κ3) is 2.37. The number of hydrogen-bond acceptors (Lipinski definition) is 2. The summed E-state index contributed by atoms with van der Waals surface area (Å²) in [5.74, 6) is 0. The first kappa shape index (κ1) is 10.6. The van der Waals surface area contributed by atoms with Crippen LogP contribution in [0.2, 0.25) is 5.02 Å². The third-order valence-corrected chi connectivity index (χ3v) is 3.14. The average molecular weight is 225 g/mol. The van der Waals surface area contributed by atoms with Gasteiger partial charge in [-0.05, 0) is 37.5 Å². The maximum atomic E-state index is 6.01. The second-order valence-corrected chi connectivity index (χ2v) is 4.76. The summed E-state index contributed by atoms with van der Waals surface area (Å²) in [7, 11) is 4.10. The summed E-state index contributed by atoms with van der Waals surface area (Å²) in [4.78, 5) is 2.11. The van der Waals surface area contributed by atoms with Gasteiger partial charge in [0, 0.05) is 25.2 Å². The summed E-state index contributed by atoms with van der Waals surface area (Å²) in [6.07, 6.45) is 3.90. The van der Waals surface area contributed by atoms with E-state index in [-0.39, 0.29) is 0 Å². The maximum absolute atomic E-state index is 6.01. The van der Waals surface area contributed by atoms with Crippen molar-refractivity contribution in [1.82, 2.24) is 0 Å². The van der Waals surface area contributed by atoms with Gasteiger partial charge in [0.05, 0.1) is 11.4 Å². The Morgan fingerprint density at radius 3 is 2.60 bits per heavy atom. The van der Waals surface area contributed by atoms with E-state index in [0.29, 0.717) is 6.04 Å². The van der Waals surface area contributed by atoms with Gasteiger partial charge in [-0.1, -0.05) is 11.6 Å². The minimum Gasteiger partial charge on any atom is -0.381 e. The highest BCUT2D eigenvalue weighted by Gasteiger charge is 2.18. The molecule has 0 radical (unpaired) electrons. The van der Waals surface area contributed by atoms with Crippen LogP contribution in [0.3, 0.4) is 0 Å². The predicted molar refractivity (Wildman–Crippen MR) is 67.0 cm³/mol. The van der Waals surface area contributed by atoms with Crippen LogP contribution in [-0.4, -0.2) is 20.1 Å². The van der Waals surface area contributed by atoms with Gasteiger partial charge in [0.25, 0.3) is 0 Å². The Morgan fingerprint density at radius 1 is 1.33 bits per heavy atom. The molecule has 0 spiro atoms. The van der Waals surface area contributed by atoms with Crippen LogP contribution >= 0.6 is 11.6 Å². The third-order valence-electron chi connectivity index (χ3n) is 2.91. The molecule has 15 heavy (non-hydrogen) atoms. The lowest BCUT2D eigenvalue weighted by Crippen LogP contribution is -2.28. The van der Waals surface area contributed by atoms with Gasteiger partial charge in [0.15, 0.2) is 0 Å². The Morgan fingerprint density at radius 2 is 2.07 bits per heavy atom. The Kier molecular flexibility index (Phi) is 3.06. The van der Waals surface area contributed by atoms with Gasteiger partial charge >= 0.3 is 0 Å². The number of rotatable bonds is 3. The standard InChI is InChI=1S/C12H17ClN2/c1-15(2)12-7-6-9(13)8-11(12)14-10-4-3-5-10/h6-8,10,14H,3-5H2,1-2H3. The van der Waals surface area contributed by atoms with Crippen molar-refractivity contribution in [2.75, 3.05) is 24.3 Å². The Labute approximate surface area is 96.2 Å². The monoisotopic (exact) mass is 224 g/mol. The molecule has 1 N–H and O–H groups in total. The summed E-state index contributed by atoms with van der Waals surface area (Å²) in [6, 6.07) is 6.64. The highest BCUT2D eigenvalue weighted by molar-refractivity contribution is 6.31. The molecular weight excluding hydrogens is 208 g/mol. The summed E-state index contributed by atoms with van der Waals surface area (Å²) in [5, 5.41) is 4.34. The van der Waals surface area contributed by atoms with E-state index >= 15 is 0 Å². The van der Waals surface area contributed by atoms with Gasteiger partial charge < -0.3 is 10.2 Å². The van der Waals surface area contributed by atoms with Crippen LogP contribution in [0.4, 0.5) is 11.4 Å². The van der Waals surface area contributed by atoms with Crippen LogP contribution < -0.4 is 10.2 Å². The van der Waals surface area contributed by atoms with E-state index in [9.17, 15) is 0 Å². The van der Waals surface area contributed by atoms with Crippen molar-refractivity contribution in [3.05, 3.63) is 23.2 Å². The van der Waals surface area contributed by atoms with Crippen molar-refractivity contribution in [3.63, 3.8) is 0 Å². The highest BCUT2D eigenvalue weighted by Crippen LogP contribution is 2.31. The van der Waals surface area contributed by atoms with E-state index in [2.05, 4.69) is 30.4 Å². The molecule has 1 aliphatic carbocycles. The van der Waals surface area contributed by atoms with Gasteiger partial charge in [-0.2, -0.15) is 0 Å². The van der Waals surface area contributed by atoms with E-state index in [1.807, 2.05) is 12.1 Å². The molecular formula is C12H17ClN2. The molecule has 0 aromatic heterocycles. The predicted octanol–water partition coefficient (Wildman–Crippen LogP) is 3.37. The molecule has 2 rings (SSSR count). The smallest absolute Gasteiger partial charge is 0.0597 e. The molecule has 1 aromatic carbocycles. The molecule has 0 saturated heterocycles. The second-order valence-electron chi connectivity index (χ2n) is 4.33. The Hall–Kier alpha value is -0.890. The maximum Gasteiger partial charge on any atom is 0.0597 e. The normalized spacial score (nSPS) is 15.9. The molecule has 2 nitrogen and oxygen atoms in total. The molecule has 0 bridgehead atoms. The zero-order valence-corrected chi connectivity index (χ0v) is 10.0. The van der Waals surface area contributed by atoms with Crippen molar-refractivity contribution in [3.8, 4) is 0 Å². The minimum absolute atomic E-state index is 0.641. The number of halogens is 1. The zero-order valence-electron chi connectivity index (χ0n) is 9.26. The second kappa shape index (κ2) is 4.31. The van der Waals surface area contributed by atoms with E-state index in [0.717, 1.165) is 10.7 Å². The van der Waals surface area contributed by atoms with Gasteiger partial charge in [-0.3, -0.25) is 0 Å². The molecule has 1 aromatic rings. The molecule has 1 fully saturated rings. The molecule has 0 aliphatic heterocycles. The lowest BCUT2D eigenvalue weighted by molar-refractivity contribution is 0.445. The summed E-state index contributed by atoms with van der Waals surface area (Å²) in [6.45, 7) is 0.